The maximum absolute atomic E-state index is 11.2. The van der Waals surface area contributed by atoms with Crippen LogP contribution in [0.1, 0.15) is 10.5 Å². The van der Waals surface area contributed by atoms with E-state index in [1.165, 1.54) is 10.9 Å². The molecule has 0 saturated heterocycles. The second kappa shape index (κ2) is 5.04. The zero-order valence-corrected chi connectivity index (χ0v) is 11.7. The Morgan fingerprint density at radius 1 is 1.45 bits per heavy atom. The molecular formula is C10H13N5O4S. The number of carbonyl (C=O) groups is 1. The smallest absolute Gasteiger partial charge is 0.358 e. The summed E-state index contributed by atoms with van der Waals surface area (Å²) >= 11 is 0. The van der Waals surface area contributed by atoms with Gasteiger partial charge >= 0.3 is 5.97 Å². The van der Waals surface area contributed by atoms with E-state index < -0.39 is 15.8 Å². The number of sulfone groups is 1. The summed E-state index contributed by atoms with van der Waals surface area (Å²) < 4.78 is 25.3. The second-order valence-electron chi connectivity index (χ2n) is 4.31. The van der Waals surface area contributed by atoms with E-state index in [2.05, 4.69) is 15.3 Å². The molecule has 10 heteroatoms. The van der Waals surface area contributed by atoms with Gasteiger partial charge in [0.25, 0.3) is 0 Å². The Morgan fingerprint density at radius 2 is 2.15 bits per heavy atom. The van der Waals surface area contributed by atoms with Gasteiger partial charge in [0.15, 0.2) is 5.82 Å². The average molecular weight is 299 g/mol. The Kier molecular flexibility index (Phi) is 3.57. The van der Waals surface area contributed by atoms with E-state index >= 15 is 0 Å². The Morgan fingerprint density at radius 3 is 2.65 bits per heavy atom. The first-order valence-electron chi connectivity index (χ1n) is 5.62. The fourth-order valence-electron chi connectivity index (χ4n) is 1.68. The minimum absolute atomic E-state index is 0.0152. The van der Waals surface area contributed by atoms with Crippen LogP contribution in [0, 0.1) is 0 Å². The molecule has 0 saturated carbocycles. The maximum atomic E-state index is 11.2. The van der Waals surface area contributed by atoms with Crippen molar-refractivity contribution in [2.75, 3.05) is 12.0 Å². The Labute approximate surface area is 114 Å². The molecule has 0 aromatic carbocycles. The molecule has 0 aliphatic rings. The molecule has 9 nitrogen and oxygen atoms in total. The van der Waals surface area contributed by atoms with Crippen LogP contribution in [0.25, 0.3) is 11.5 Å². The molecule has 0 radical (unpaired) electrons. The number of hydrogen-bond acceptors (Lipinski definition) is 6. The van der Waals surface area contributed by atoms with E-state index in [9.17, 15) is 13.2 Å². The van der Waals surface area contributed by atoms with Crippen LogP contribution in [0.2, 0.25) is 0 Å². The van der Waals surface area contributed by atoms with Crippen LogP contribution in [0.15, 0.2) is 12.4 Å². The maximum Gasteiger partial charge on any atom is 0.358 e. The van der Waals surface area contributed by atoms with Crippen molar-refractivity contribution in [2.45, 2.75) is 6.54 Å². The monoisotopic (exact) mass is 299 g/mol. The summed E-state index contributed by atoms with van der Waals surface area (Å²) in [6.07, 6.45) is 4.26. The van der Waals surface area contributed by atoms with Crippen LogP contribution in [-0.4, -0.2) is 56.0 Å². The predicted molar refractivity (Wildman–Crippen MR) is 68.9 cm³/mol. The van der Waals surface area contributed by atoms with Crippen molar-refractivity contribution >= 4 is 15.8 Å². The quantitative estimate of drug-likeness (QED) is 0.784. The lowest BCUT2D eigenvalue weighted by Crippen LogP contribution is -2.14. The van der Waals surface area contributed by atoms with Gasteiger partial charge in [0.1, 0.15) is 15.5 Å². The lowest BCUT2D eigenvalue weighted by atomic mass is 10.3. The molecule has 2 aromatic heterocycles. The highest BCUT2D eigenvalue weighted by Gasteiger charge is 2.23. The summed E-state index contributed by atoms with van der Waals surface area (Å²) in [7, 11) is -1.50. The van der Waals surface area contributed by atoms with E-state index in [0.29, 0.717) is 5.82 Å². The Hall–Kier alpha value is -2.23. The van der Waals surface area contributed by atoms with Gasteiger partial charge < -0.3 is 9.67 Å². The highest BCUT2D eigenvalue weighted by Crippen LogP contribution is 2.20. The number of aromatic nitrogens is 5. The van der Waals surface area contributed by atoms with Gasteiger partial charge in [-0.3, -0.25) is 0 Å². The molecule has 0 spiro atoms. The standard InChI is InChI=1S/C10H13N5O4S/c1-14-4-3-11-9(14)8-7(10(16)17)12-13-15(8)5-6-20(2,18)19/h3-4H,5-6H2,1-2H3,(H,16,17). The van der Waals surface area contributed by atoms with Crippen molar-refractivity contribution in [1.29, 1.82) is 0 Å². The van der Waals surface area contributed by atoms with Crippen molar-refractivity contribution in [3.05, 3.63) is 18.1 Å². The van der Waals surface area contributed by atoms with Gasteiger partial charge in [0, 0.05) is 25.7 Å². The molecule has 0 fully saturated rings. The summed E-state index contributed by atoms with van der Waals surface area (Å²) in [5.74, 6) is -1.04. The second-order valence-corrected chi connectivity index (χ2v) is 6.57. The SMILES string of the molecule is Cn1ccnc1-c1c(C(=O)O)nnn1CCS(C)(=O)=O. The van der Waals surface area contributed by atoms with Crippen molar-refractivity contribution in [3.8, 4) is 11.5 Å². The van der Waals surface area contributed by atoms with E-state index in [0.717, 1.165) is 6.26 Å². The number of rotatable bonds is 5. The molecule has 20 heavy (non-hydrogen) atoms. The number of nitrogens with zero attached hydrogens (tertiary/aromatic N) is 5. The molecular weight excluding hydrogens is 286 g/mol. The highest BCUT2D eigenvalue weighted by molar-refractivity contribution is 7.90. The summed E-state index contributed by atoms with van der Waals surface area (Å²) in [6.45, 7) is 0.0152. The number of hydrogen-bond donors (Lipinski definition) is 1. The first-order chi connectivity index (χ1) is 9.29. The minimum atomic E-state index is -3.19. The number of aromatic carboxylic acids is 1. The zero-order valence-electron chi connectivity index (χ0n) is 10.9. The normalized spacial score (nSPS) is 11.7. The van der Waals surface area contributed by atoms with E-state index in [1.54, 1.807) is 17.8 Å². The summed E-state index contributed by atoms with van der Waals surface area (Å²) in [5, 5.41) is 16.4. The van der Waals surface area contributed by atoms with Gasteiger partial charge in [-0.05, 0) is 0 Å². The Bertz CT molecular complexity index is 746. The fraction of sp³-hybridized carbons (Fsp3) is 0.400. The molecule has 2 aromatic rings. The highest BCUT2D eigenvalue weighted by atomic mass is 32.2. The Balaban J connectivity index is 2.49. The lowest BCUT2D eigenvalue weighted by molar-refractivity contribution is 0.0691. The lowest BCUT2D eigenvalue weighted by Gasteiger charge is -2.06. The molecule has 0 aliphatic heterocycles. The van der Waals surface area contributed by atoms with E-state index in [1.807, 2.05) is 0 Å². The van der Waals surface area contributed by atoms with Crippen molar-refractivity contribution < 1.29 is 18.3 Å². The van der Waals surface area contributed by atoms with Crippen LogP contribution >= 0.6 is 0 Å². The third kappa shape index (κ3) is 2.85. The predicted octanol–water partition coefficient (Wildman–Crippen LogP) is -0.579. The first-order valence-corrected chi connectivity index (χ1v) is 7.68. The molecule has 0 aliphatic carbocycles. The number of aryl methyl sites for hydroxylation is 2. The molecule has 0 atom stereocenters. The van der Waals surface area contributed by atoms with E-state index in [-0.39, 0.29) is 23.7 Å². The van der Waals surface area contributed by atoms with Crippen LogP contribution in [0.4, 0.5) is 0 Å². The molecule has 0 amide bonds. The van der Waals surface area contributed by atoms with Crippen LogP contribution in [0.3, 0.4) is 0 Å². The molecule has 0 unspecified atom stereocenters. The first kappa shape index (κ1) is 14.2. The number of carboxylic acid groups (broad SMARTS) is 1. The third-order valence-electron chi connectivity index (χ3n) is 2.64. The molecule has 2 rings (SSSR count). The fourth-order valence-corrected chi connectivity index (χ4v) is 2.19. The van der Waals surface area contributed by atoms with Crippen LogP contribution in [-0.2, 0) is 23.4 Å². The third-order valence-corrected chi connectivity index (χ3v) is 3.57. The van der Waals surface area contributed by atoms with Gasteiger partial charge in [-0.1, -0.05) is 5.21 Å². The summed E-state index contributed by atoms with van der Waals surface area (Å²) in [5.41, 5.74) is -0.0681. The van der Waals surface area contributed by atoms with Crippen LogP contribution in [0.5, 0.6) is 0 Å². The molecule has 2 heterocycles. The van der Waals surface area contributed by atoms with Gasteiger partial charge in [-0.2, -0.15) is 0 Å². The summed E-state index contributed by atoms with van der Waals surface area (Å²) in [6, 6.07) is 0. The van der Waals surface area contributed by atoms with Gasteiger partial charge in [-0.25, -0.2) is 22.9 Å². The van der Waals surface area contributed by atoms with Gasteiger partial charge in [0.2, 0.25) is 5.69 Å². The van der Waals surface area contributed by atoms with Crippen molar-refractivity contribution in [2.24, 2.45) is 7.05 Å². The minimum Gasteiger partial charge on any atom is -0.476 e. The average Bonchev–Trinajstić information content (AvgIpc) is 2.90. The van der Waals surface area contributed by atoms with Gasteiger partial charge in [-0.15, -0.1) is 5.10 Å². The molecule has 1 N–H and O–H groups in total. The van der Waals surface area contributed by atoms with Crippen molar-refractivity contribution in [3.63, 3.8) is 0 Å². The molecule has 108 valence electrons. The largest absolute Gasteiger partial charge is 0.476 e. The topological polar surface area (TPSA) is 120 Å². The van der Waals surface area contributed by atoms with Gasteiger partial charge in [0.05, 0.1) is 12.3 Å². The number of imidazole rings is 1. The number of carboxylic acids is 1. The summed E-state index contributed by atoms with van der Waals surface area (Å²) in [4.78, 5) is 15.2. The van der Waals surface area contributed by atoms with E-state index in [4.69, 9.17) is 5.11 Å². The molecule has 0 bridgehead atoms. The zero-order chi connectivity index (χ0) is 14.9. The van der Waals surface area contributed by atoms with Crippen LogP contribution < -0.4 is 0 Å². The van der Waals surface area contributed by atoms with Crippen molar-refractivity contribution in [1.82, 2.24) is 24.5 Å².